The quantitative estimate of drug-likeness (QED) is 0.604. The molecule has 6 nitrogen and oxygen atoms in total. The third-order valence-corrected chi connectivity index (χ3v) is 9.10. The smallest absolute Gasteiger partial charge is 0.190 e. The van der Waals surface area contributed by atoms with Gasteiger partial charge < -0.3 is 19.7 Å². The van der Waals surface area contributed by atoms with Gasteiger partial charge in [0.2, 0.25) is 0 Å². The summed E-state index contributed by atoms with van der Waals surface area (Å²) in [7, 11) is 0. The van der Waals surface area contributed by atoms with Crippen molar-refractivity contribution in [1.29, 1.82) is 0 Å². The molecule has 3 saturated carbocycles. The molecule has 32 heavy (non-hydrogen) atoms. The number of fused-ring (bicyclic) bond motifs is 5. The molecule has 0 spiro atoms. The normalized spacial score (nSPS) is 46.2. The van der Waals surface area contributed by atoms with E-state index in [-0.39, 0.29) is 31.1 Å². The Kier molecular flexibility index (Phi) is 5.81. The average Bonchev–Trinajstić information content (AvgIpc) is 3.00. The van der Waals surface area contributed by atoms with E-state index < -0.39 is 46.2 Å². The molecule has 3 fully saturated rings. The van der Waals surface area contributed by atoms with Gasteiger partial charge in [0.15, 0.2) is 23.5 Å². The van der Waals surface area contributed by atoms with Gasteiger partial charge >= 0.3 is 0 Å². The monoisotopic (exact) mass is 450 g/mol. The molecule has 0 aliphatic heterocycles. The lowest BCUT2D eigenvalue weighted by Crippen LogP contribution is -2.69. The van der Waals surface area contributed by atoms with Crippen LogP contribution in [0.4, 0.5) is 4.39 Å². The fraction of sp³-hybridized carbons (Fsp3) is 0.760. The number of ether oxygens (including phenoxy) is 2. The van der Waals surface area contributed by atoms with E-state index in [2.05, 4.69) is 0 Å². The Balaban J connectivity index is 1.64. The lowest BCUT2D eigenvalue weighted by Gasteiger charge is -2.62. The zero-order chi connectivity index (χ0) is 23.5. The van der Waals surface area contributed by atoms with E-state index in [1.165, 1.54) is 12.2 Å². The molecular weight excluding hydrogens is 415 g/mol. The van der Waals surface area contributed by atoms with Crippen molar-refractivity contribution in [3.63, 3.8) is 0 Å². The maximum atomic E-state index is 17.0. The van der Waals surface area contributed by atoms with E-state index in [0.29, 0.717) is 31.4 Å². The van der Waals surface area contributed by atoms with E-state index in [4.69, 9.17) is 9.47 Å². The summed E-state index contributed by atoms with van der Waals surface area (Å²) >= 11 is 0. The SMILES string of the molecule is CCO[C@@H](C)OCC(=O)[C@@]1(O)CC[C@H]2[C@@H]3CCC4=CC(=O)C=C[C@]4(C)[C@@]3(F)[C@@H](O)C[C@@]21C. The van der Waals surface area contributed by atoms with Gasteiger partial charge in [-0.1, -0.05) is 18.6 Å². The third-order valence-electron chi connectivity index (χ3n) is 9.10. The fourth-order valence-corrected chi connectivity index (χ4v) is 7.27. The van der Waals surface area contributed by atoms with Gasteiger partial charge in [0.1, 0.15) is 12.2 Å². The molecule has 8 atom stereocenters. The lowest BCUT2D eigenvalue weighted by atomic mass is 9.44. The number of carbonyl (C=O) groups excluding carboxylic acids is 2. The minimum atomic E-state index is -1.97. The standard InChI is InChI=1S/C25H35FO6/c1-5-31-15(2)32-14-21(29)24(30)11-9-18-19-7-6-16-12-17(27)8-10-22(16,3)25(19,26)20(28)13-23(18,24)4/h8,10,12,15,18-20,28,30H,5-7,9,11,13-14H2,1-4H3/t15-,18+,19+,20+,22+,23+,24+,25+/m1/s1. The topological polar surface area (TPSA) is 93.1 Å². The molecule has 0 amide bonds. The van der Waals surface area contributed by atoms with E-state index >= 15 is 4.39 Å². The van der Waals surface area contributed by atoms with Crippen molar-refractivity contribution in [3.05, 3.63) is 23.8 Å². The van der Waals surface area contributed by atoms with Gasteiger partial charge in [-0.15, -0.1) is 0 Å². The number of halogens is 1. The van der Waals surface area contributed by atoms with Crippen LogP contribution in [0.3, 0.4) is 0 Å². The summed E-state index contributed by atoms with van der Waals surface area (Å²) in [5, 5.41) is 22.9. The third kappa shape index (κ3) is 3.04. The van der Waals surface area contributed by atoms with Crippen molar-refractivity contribution in [2.75, 3.05) is 13.2 Å². The molecule has 0 radical (unpaired) electrons. The number of rotatable bonds is 6. The number of aliphatic hydroxyl groups is 2. The molecule has 0 aromatic rings. The van der Waals surface area contributed by atoms with Crippen molar-refractivity contribution in [3.8, 4) is 0 Å². The van der Waals surface area contributed by atoms with Gasteiger partial charge in [0.05, 0.1) is 6.10 Å². The van der Waals surface area contributed by atoms with Crippen LogP contribution in [0.15, 0.2) is 23.8 Å². The molecule has 0 saturated heterocycles. The summed E-state index contributed by atoms with van der Waals surface area (Å²) in [6.45, 7) is 7.24. The summed E-state index contributed by atoms with van der Waals surface area (Å²) in [5.74, 6) is -1.39. The Morgan fingerprint density at radius 3 is 2.69 bits per heavy atom. The van der Waals surface area contributed by atoms with Crippen LogP contribution in [0.1, 0.15) is 59.8 Å². The Morgan fingerprint density at radius 2 is 2.00 bits per heavy atom. The second kappa shape index (κ2) is 7.83. The van der Waals surface area contributed by atoms with Crippen molar-refractivity contribution >= 4 is 11.6 Å². The fourth-order valence-electron chi connectivity index (χ4n) is 7.27. The van der Waals surface area contributed by atoms with Crippen LogP contribution in [-0.2, 0) is 19.1 Å². The van der Waals surface area contributed by atoms with Gasteiger partial charge in [-0.25, -0.2) is 4.39 Å². The molecule has 7 heteroatoms. The lowest BCUT2D eigenvalue weighted by molar-refractivity contribution is -0.219. The number of alkyl halides is 1. The van der Waals surface area contributed by atoms with E-state index in [1.807, 2.05) is 13.8 Å². The molecule has 4 aliphatic carbocycles. The van der Waals surface area contributed by atoms with Crippen LogP contribution in [-0.4, -0.2) is 58.7 Å². The Morgan fingerprint density at radius 1 is 1.28 bits per heavy atom. The minimum absolute atomic E-state index is 0.0292. The number of hydrogen-bond donors (Lipinski definition) is 2. The first-order chi connectivity index (χ1) is 14.9. The van der Waals surface area contributed by atoms with Crippen LogP contribution in [0, 0.1) is 22.7 Å². The molecule has 0 bridgehead atoms. The van der Waals surface area contributed by atoms with Crippen LogP contribution >= 0.6 is 0 Å². The van der Waals surface area contributed by atoms with Gasteiger partial charge in [0.25, 0.3) is 0 Å². The van der Waals surface area contributed by atoms with Gasteiger partial charge in [-0.2, -0.15) is 0 Å². The molecule has 4 rings (SSSR count). The van der Waals surface area contributed by atoms with Gasteiger partial charge in [-0.3, -0.25) is 9.59 Å². The Hall–Kier alpha value is -1.41. The number of Topliss-reactive ketones (excluding diaryl/α,β-unsaturated/α-hetero) is 1. The molecule has 0 unspecified atom stereocenters. The van der Waals surface area contributed by atoms with Crippen LogP contribution in [0.25, 0.3) is 0 Å². The summed E-state index contributed by atoms with van der Waals surface area (Å²) in [6.07, 6.45) is 4.27. The minimum Gasteiger partial charge on any atom is -0.390 e. The van der Waals surface area contributed by atoms with E-state index in [1.54, 1.807) is 19.9 Å². The molecule has 0 aromatic heterocycles. The van der Waals surface area contributed by atoms with E-state index in [9.17, 15) is 19.8 Å². The molecule has 178 valence electrons. The molecule has 0 aromatic carbocycles. The summed E-state index contributed by atoms with van der Waals surface area (Å²) in [4.78, 5) is 25.1. The van der Waals surface area contributed by atoms with Crippen molar-refractivity contribution in [2.24, 2.45) is 22.7 Å². The molecular formula is C25H35FO6. The van der Waals surface area contributed by atoms with Crippen LogP contribution in [0.5, 0.6) is 0 Å². The van der Waals surface area contributed by atoms with Gasteiger partial charge in [0, 0.05) is 23.4 Å². The predicted octanol–water partition coefficient (Wildman–Crippen LogP) is 3.06. The first kappa shape index (κ1) is 23.7. The molecule has 0 heterocycles. The zero-order valence-electron chi connectivity index (χ0n) is 19.4. The van der Waals surface area contributed by atoms with Crippen molar-refractivity contribution in [1.82, 2.24) is 0 Å². The van der Waals surface area contributed by atoms with Crippen LogP contribution in [0.2, 0.25) is 0 Å². The molecule has 4 aliphatic rings. The maximum absolute atomic E-state index is 17.0. The highest BCUT2D eigenvalue weighted by molar-refractivity contribution is 6.01. The van der Waals surface area contributed by atoms with Gasteiger partial charge in [-0.05, 0) is 70.9 Å². The second-order valence-corrected chi connectivity index (χ2v) is 10.4. The Labute approximate surface area is 188 Å². The first-order valence-corrected chi connectivity index (χ1v) is 11.7. The van der Waals surface area contributed by atoms with Crippen LogP contribution < -0.4 is 0 Å². The number of carbonyl (C=O) groups is 2. The average molecular weight is 451 g/mol. The second-order valence-electron chi connectivity index (χ2n) is 10.4. The van der Waals surface area contributed by atoms with Crippen molar-refractivity contribution in [2.45, 2.75) is 83.5 Å². The summed E-state index contributed by atoms with van der Waals surface area (Å²) in [5.41, 5.74) is -4.98. The summed E-state index contributed by atoms with van der Waals surface area (Å²) in [6, 6.07) is 0. The predicted molar refractivity (Wildman–Crippen MR) is 115 cm³/mol. The Bertz CT molecular complexity index is 868. The number of aliphatic hydroxyl groups excluding tert-OH is 1. The highest BCUT2D eigenvalue weighted by atomic mass is 19.1. The summed E-state index contributed by atoms with van der Waals surface area (Å²) < 4.78 is 27.8. The maximum Gasteiger partial charge on any atom is 0.190 e. The first-order valence-electron chi connectivity index (χ1n) is 11.7. The highest BCUT2D eigenvalue weighted by Crippen LogP contribution is 2.69. The number of ketones is 2. The highest BCUT2D eigenvalue weighted by Gasteiger charge is 2.74. The molecule has 2 N–H and O–H groups in total. The zero-order valence-corrected chi connectivity index (χ0v) is 19.4. The van der Waals surface area contributed by atoms with Crippen molar-refractivity contribution < 1.29 is 33.7 Å². The number of hydrogen-bond acceptors (Lipinski definition) is 6. The number of allylic oxidation sites excluding steroid dienone is 4. The van der Waals surface area contributed by atoms with E-state index in [0.717, 1.165) is 0 Å². The largest absolute Gasteiger partial charge is 0.390 e.